The van der Waals surface area contributed by atoms with Gasteiger partial charge in [-0.25, -0.2) is 4.68 Å². The number of piperidine rings is 1. The molecule has 0 unspecified atom stereocenters. The van der Waals surface area contributed by atoms with Crippen LogP contribution < -0.4 is 5.32 Å². The molecule has 1 aliphatic heterocycles. The maximum atomic E-state index is 4.43. The van der Waals surface area contributed by atoms with Gasteiger partial charge >= 0.3 is 0 Å². The van der Waals surface area contributed by atoms with Crippen LogP contribution >= 0.6 is 0 Å². The molecule has 0 radical (unpaired) electrons. The summed E-state index contributed by atoms with van der Waals surface area (Å²) in [4.78, 5) is 2.39. The third kappa shape index (κ3) is 3.26. The average molecular weight is 270 g/mol. The second kappa shape index (κ2) is 6.20. The van der Waals surface area contributed by atoms with E-state index in [2.05, 4.69) is 40.7 Å². The Kier molecular flexibility index (Phi) is 4.14. The van der Waals surface area contributed by atoms with Crippen LogP contribution in [0.5, 0.6) is 0 Å². The van der Waals surface area contributed by atoms with Gasteiger partial charge in [0.15, 0.2) is 0 Å². The van der Waals surface area contributed by atoms with Crippen LogP contribution in [0.1, 0.15) is 18.4 Å². The number of aromatic nitrogens is 2. The smallest absolute Gasteiger partial charge is 0.0645 e. The minimum Gasteiger partial charge on any atom is -0.310 e. The lowest BCUT2D eigenvalue weighted by molar-refractivity contribution is 0.234. The first-order valence-electron chi connectivity index (χ1n) is 7.32. The van der Waals surface area contributed by atoms with Crippen LogP contribution in [0.3, 0.4) is 0 Å². The third-order valence-corrected chi connectivity index (χ3v) is 3.97. The van der Waals surface area contributed by atoms with Gasteiger partial charge in [0, 0.05) is 24.3 Å². The minimum absolute atomic E-state index is 0.645. The van der Waals surface area contributed by atoms with Gasteiger partial charge < -0.3 is 10.2 Å². The fraction of sp³-hybridized carbons (Fsp3) is 0.438. The molecule has 4 nitrogen and oxygen atoms in total. The second-order valence-electron chi connectivity index (χ2n) is 5.59. The highest BCUT2D eigenvalue weighted by Gasteiger charge is 2.15. The number of para-hydroxylation sites is 1. The van der Waals surface area contributed by atoms with Crippen molar-refractivity contribution in [2.75, 3.05) is 20.1 Å². The van der Waals surface area contributed by atoms with E-state index < -0.39 is 0 Å². The number of hydrogen-bond donors (Lipinski definition) is 1. The van der Waals surface area contributed by atoms with Crippen molar-refractivity contribution >= 4 is 0 Å². The summed E-state index contributed by atoms with van der Waals surface area (Å²) in [6.45, 7) is 3.29. The normalized spacial score (nSPS) is 17.4. The minimum atomic E-state index is 0.645. The Bertz CT molecular complexity index is 526. The van der Waals surface area contributed by atoms with Crippen LogP contribution in [0, 0.1) is 0 Å². The van der Waals surface area contributed by atoms with Gasteiger partial charge in [-0.1, -0.05) is 18.2 Å². The summed E-state index contributed by atoms with van der Waals surface area (Å²) in [7, 11) is 2.19. The van der Waals surface area contributed by atoms with E-state index >= 15 is 0 Å². The van der Waals surface area contributed by atoms with Crippen LogP contribution in [-0.4, -0.2) is 40.9 Å². The van der Waals surface area contributed by atoms with Gasteiger partial charge in [0.2, 0.25) is 0 Å². The van der Waals surface area contributed by atoms with Crippen molar-refractivity contribution in [3.63, 3.8) is 0 Å². The molecule has 1 N–H and O–H groups in total. The highest BCUT2D eigenvalue weighted by molar-refractivity contribution is 5.30. The van der Waals surface area contributed by atoms with Gasteiger partial charge in [-0.2, -0.15) is 5.10 Å². The number of likely N-dealkylation sites (tertiary alicyclic amines) is 1. The Balaban J connectivity index is 1.55. The van der Waals surface area contributed by atoms with E-state index in [0.717, 1.165) is 12.2 Å². The Morgan fingerprint density at radius 3 is 2.70 bits per heavy atom. The molecule has 1 aromatic carbocycles. The van der Waals surface area contributed by atoms with Crippen LogP contribution in [-0.2, 0) is 6.54 Å². The number of nitrogens with one attached hydrogen (secondary N) is 1. The third-order valence-electron chi connectivity index (χ3n) is 3.97. The molecule has 1 aliphatic rings. The van der Waals surface area contributed by atoms with Crippen molar-refractivity contribution in [3.05, 3.63) is 48.3 Å². The second-order valence-corrected chi connectivity index (χ2v) is 5.59. The summed E-state index contributed by atoms with van der Waals surface area (Å²) in [5, 5.41) is 8.07. The van der Waals surface area contributed by atoms with E-state index in [1.54, 1.807) is 0 Å². The molecular formula is C16H22N4. The molecular weight excluding hydrogens is 248 g/mol. The van der Waals surface area contributed by atoms with Crippen molar-refractivity contribution in [2.45, 2.75) is 25.4 Å². The quantitative estimate of drug-likeness (QED) is 0.923. The fourth-order valence-electron chi connectivity index (χ4n) is 2.65. The van der Waals surface area contributed by atoms with Crippen molar-refractivity contribution < 1.29 is 0 Å². The van der Waals surface area contributed by atoms with E-state index in [1.165, 1.54) is 31.5 Å². The van der Waals surface area contributed by atoms with Crippen molar-refractivity contribution in [1.29, 1.82) is 0 Å². The standard InChI is InChI=1S/C16H22N4/c1-19-9-7-15(8-10-19)17-11-14-12-18-20(13-14)16-5-3-2-4-6-16/h2-6,12-13,15,17H,7-11H2,1H3. The Hall–Kier alpha value is -1.65. The zero-order chi connectivity index (χ0) is 13.8. The molecule has 0 amide bonds. The highest BCUT2D eigenvalue weighted by atomic mass is 15.3. The van der Waals surface area contributed by atoms with Crippen molar-refractivity contribution in [1.82, 2.24) is 20.0 Å². The largest absolute Gasteiger partial charge is 0.310 e. The molecule has 1 fully saturated rings. The predicted octanol–water partition coefficient (Wildman–Crippen LogP) is 2.06. The van der Waals surface area contributed by atoms with Gasteiger partial charge in [0.1, 0.15) is 0 Å². The van der Waals surface area contributed by atoms with E-state index in [-0.39, 0.29) is 0 Å². The first-order valence-corrected chi connectivity index (χ1v) is 7.32. The van der Waals surface area contributed by atoms with Crippen molar-refractivity contribution in [3.8, 4) is 5.69 Å². The Morgan fingerprint density at radius 1 is 1.20 bits per heavy atom. The van der Waals surface area contributed by atoms with E-state index in [9.17, 15) is 0 Å². The number of rotatable bonds is 4. The summed E-state index contributed by atoms with van der Waals surface area (Å²) < 4.78 is 1.94. The summed E-state index contributed by atoms with van der Waals surface area (Å²) in [6.07, 6.45) is 6.54. The zero-order valence-corrected chi connectivity index (χ0v) is 12.0. The molecule has 0 spiro atoms. The first-order chi connectivity index (χ1) is 9.81. The average Bonchev–Trinajstić information content (AvgIpc) is 2.97. The molecule has 0 bridgehead atoms. The topological polar surface area (TPSA) is 33.1 Å². The molecule has 0 saturated carbocycles. The SMILES string of the molecule is CN1CCC(NCc2cnn(-c3ccccc3)c2)CC1. The Labute approximate surface area is 120 Å². The molecule has 3 rings (SSSR count). The lowest BCUT2D eigenvalue weighted by Gasteiger charge is -2.29. The molecule has 20 heavy (non-hydrogen) atoms. The maximum absolute atomic E-state index is 4.43. The lowest BCUT2D eigenvalue weighted by atomic mass is 10.1. The number of nitrogens with zero attached hydrogens (tertiary/aromatic N) is 3. The maximum Gasteiger partial charge on any atom is 0.0645 e. The fourth-order valence-corrected chi connectivity index (χ4v) is 2.65. The summed E-state index contributed by atoms with van der Waals surface area (Å²) in [6, 6.07) is 10.9. The summed E-state index contributed by atoms with van der Waals surface area (Å²) >= 11 is 0. The van der Waals surface area contributed by atoms with Crippen LogP contribution in [0.2, 0.25) is 0 Å². The van der Waals surface area contributed by atoms with Gasteiger partial charge in [-0.05, 0) is 45.1 Å². The Morgan fingerprint density at radius 2 is 1.95 bits per heavy atom. The summed E-state index contributed by atoms with van der Waals surface area (Å²) in [5.41, 5.74) is 2.35. The van der Waals surface area contributed by atoms with Crippen LogP contribution in [0.4, 0.5) is 0 Å². The van der Waals surface area contributed by atoms with Gasteiger partial charge in [-0.15, -0.1) is 0 Å². The number of hydrogen-bond acceptors (Lipinski definition) is 3. The molecule has 106 valence electrons. The molecule has 0 atom stereocenters. The molecule has 0 aliphatic carbocycles. The van der Waals surface area contributed by atoms with Gasteiger partial charge in [0.05, 0.1) is 11.9 Å². The monoisotopic (exact) mass is 270 g/mol. The van der Waals surface area contributed by atoms with Crippen LogP contribution in [0.15, 0.2) is 42.7 Å². The predicted molar refractivity (Wildman–Crippen MR) is 80.9 cm³/mol. The number of benzene rings is 1. The van der Waals surface area contributed by atoms with Gasteiger partial charge in [0.25, 0.3) is 0 Å². The molecule has 4 heteroatoms. The molecule has 1 aromatic heterocycles. The van der Waals surface area contributed by atoms with E-state index in [1.807, 2.05) is 29.1 Å². The highest BCUT2D eigenvalue weighted by Crippen LogP contribution is 2.11. The van der Waals surface area contributed by atoms with Crippen molar-refractivity contribution in [2.24, 2.45) is 0 Å². The first kappa shape index (κ1) is 13.3. The van der Waals surface area contributed by atoms with Crippen LogP contribution in [0.25, 0.3) is 5.69 Å². The van der Waals surface area contributed by atoms with Gasteiger partial charge in [-0.3, -0.25) is 0 Å². The molecule has 2 heterocycles. The zero-order valence-electron chi connectivity index (χ0n) is 12.0. The molecule has 2 aromatic rings. The van der Waals surface area contributed by atoms with E-state index in [4.69, 9.17) is 0 Å². The van der Waals surface area contributed by atoms with E-state index in [0.29, 0.717) is 6.04 Å². The summed E-state index contributed by atoms with van der Waals surface area (Å²) in [5.74, 6) is 0. The molecule has 1 saturated heterocycles. The lowest BCUT2D eigenvalue weighted by Crippen LogP contribution is -2.40.